The van der Waals surface area contributed by atoms with Gasteiger partial charge in [0.1, 0.15) is 11.5 Å². The average molecular weight is 175 g/mol. The van der Waals surface area contributed by atoms with Crippen molar-refractivity contribution >= 4 is 22.5 Å². The van der Waals surface area contributed by atoms with Crippen LogP contribution < -0.4 is 5.73 Å². The fourth-order valence-corrected chi connectivity index (χ4v) is 0.777. The molecule has 0 fully saturated rings. The van der Waals surface area contributed by atoms with Gasteiger partial charge in [0, 0.05) is 6.07 Å². The Kier molecular flexibility index (Phi) is 2.05. The Morgan fingerprint density at radius 3 is 2.82 bits per heavy atom. The number of hydrogen-bond acceptors (Lipinski definition) is 3. The number of hydrogen-bond donors (Lipinski definition) is 1. The molecule has 0 aliphatic rings. The standard InChI is InChI=1S/C6H4ClFN2O/c7-6(11)5-4(9)1-3(8)2-10-5/h1-2H,9H2. The third kappa shape index (κ3) is 1.65. The van der Waals surface area contributed by atoms with Crippen molar-refractivity contribution in [3.63, 3.8) is 0 Å². The minimum Gasteiger partial charge on any atom is -0.397 e. The van der Waals surface area contributed by atoms with Crippen LogP contribution in [0.1, 0.15) is 10.5 Å². The van der Waals surface area contributed by atoms with Crippen molar-refractivity contribution in [2.75, 3.05) is 5.73 Å². The predicted molar refractivity (Wildman–Crippen MR) is 38.8 cm³/mol. The minimum absolute atomic E-state index is 0.0509. The quantitative estimate of drug-likeness (QED) is 0.651. The van der Waals surface area contributed by atoms with Crippen LogP contribution in [0, 0.1) is 5.82 Å². The Balaban J connectivity index is 3.20. The monoisotopic (exact) mass is 174 g/mol. The molecule has 1 aromatic rings. The second-order valence-electron chi connectivity index (χ2n) is 1.87. The fourth-order valence-electron chi connectivity index (χ4n) is 0.619. The molecule has 0 unspecified atom stereocenters. The van der Waals surface area contributed by atoms with E-state index in [2.05, 4.69) is 4.98 Å². The van der Waals surface area contributed by atoms with Gasteiger partial charge in [-0.3, -0.25) is 4.79 Å². The Hall–Kier alpha value is -1.16. The first kappa shape index (κ1) is 7.94. The lowest BCUT2D eigenvalue weighted by Gasteiger charge is -1.97. The fraction of sp³-hybridized carbons (Fsp3) is 0. The number of rotatable bonds is 1. The Labute approximate surface area is 67.0 Å². The zero-order valence-corrected chi connectivity index (χ0v) is 6.10. The molecule has 58 valence electrons. The molecule has 0 saturated carbocycles. The molecule has 0 radical (unpaired) electrons. The molecule has 0 spiro atoms. The number of nitrogen functional groups attached to an aromatic ring is 1. The Morgan fingerprint density at radius 2 is 2.36 bits per heavy atom. The van der Waals surface area contributed by atoms with Gasteiger partial charge in [-0.05, 0) is 11.6 Å². The Bertz CT molecular complexity index is 303. The highest BCUT2D eigenvalue weighted by molar-refractivity contribution is 6.68. The van der Waals surface area contributed by atoms with Crippen molar-refractivity contribution in [1.29, 1.82) is 0 Å². The molecule has 0 aliphatic carbocycles. The van der Waals surface area contributed by atoms with Crippen molar-refractivity contribution in [3.05, 3.63) is 23.8 Å². The van der Waals surface area contributed by atoms with Crippen LogP contribution in [0.3, 0.4) is 0 Å². The van der Waals surface area contributed by atoms with Crippen molar-refractivity contribution in [3.8, 4) is 0 Å². The summed E-state index contributed by atoms with van der Waals surface area (Å²) < 4.78 is 12.3. The summed E-state index contributed by atoms with van der Waals surface area (Å²) in [5.74, 6) is -0.593. The summed E-state index contributed by atoms with van der Waals surface area (Å²) in [7, 11) is 0. The van der Waals surface area contributed by atoms with E-state index >= 15 is 0 Å². The van der Waals surface area contributed by atoms with Crippen LogP contribution in [0.2, 0.25) is 0 Å². The molecule has 0 bridgehead atoms. The lowest BCUT2D eigenvalue weighted by molar-refractivity contribution is 0.107. The normalized spacial score (nSPS) is 9.64. The first-order valence-corrected chi connectivity index (χ1v) is 3.10. The third-order valence-electron chi connectivity index (χ3n) is 1.07. The number of anilines is 1. The molecule has 0 aliphatic heterocycles. The maximum Gasteiger partial charge on any atom is 0.272 e. The molecule has 0 saturated heterocycles. The van der Waals surface area contributed by atoms with Crippen LogP contribution in [0.25, 0.3) is 0 Å². The number of halogens is 2. The molecule has 5 heteroatoms. The molecule has 0 aromatic carbocycles. The van der Waals surface area contributed by atoms with Crippen LogP contribution in [0.15, 0.2) is 12.3 Å². The zero-order chi connectivity index (χ0) is 8.43. The first-order valence-electron chi connectivity index (χ1n) is 2.72. The van der Waals surface area contributed by atoms with Gasteiger partial charge in [-0.1, -0.05) is 0 Å². The van der Waals surface area contributed by atoms with Gasteiger partial charge in [-0.25, -0.2) is 9.37 Å². The molecular weight excluding hydrogens is 171 g/mol. The molecule has 0 atom stereocenters. The summed E-state index contributed by atoms with van der Waals surface area (Å²) >= 11 is 5.06. The summed E-state index contributed by atoms with van der Waals surface area (Å²) in [5.41, 5.74) is 5.05. The highest BCUT2D eigenvalue weighted by Crippen LogP contribution is 2.11. The van der Waals surface area contributed by atoms with E-state index in [1.807, 2.05) is 0 Å². The zero-order valence-electron chi connectivity index (χ0n) is 5.34. The van der Waals surface area contributed by atoms with Crippen LogP contribution in [0.4, 0.5) is 10.1 Å². The van der Waals surface area contributed by atoms with E-state index in [0.717, 1.165) is 12.3 Å². The highest BCUT2D eigenvalue weighted by Gasteiger charge is 2.08. The third-order valence-corrected chi connectivity index (χ3v) is 1.25. The number of aromatic nitrogens is 1. The van der Waals surface area contributed by atoms with Gasteiger partial charge in [0.05, 0.1) is 11.9 Å². The molecule has 3 nitrogen and oxygen atoms in total. The summed E-state index contributed by atoms with van der Waals surface area (Å²) in [4.78, 5) is 13.9. The SMILES string of the molecule is Nc1cc(F)cnc1C(=O)Cl. The molecule has 1 rings (SSSR count). The molecule has 1 heterocycles. The minimum atomic E-state index is -0.789. The van der Waals surface area contributed by atoms with Gasteiger partial charge in [-0.2, -0.15) is 0 Å². The maximum absolute atomic E-state index is 12.3. The second kappa shape index (κ2) is 2.84. The average Bonchev–Trinajstić information content (AvgIpc) is 1.85. The van der Waals surface area contributed by atoms with E-state index in [4.69, 9.17) is 17.3 Å². The second-order valence-corrected chi connectivity index (χ2v) is 2.21. The topological polar surface area (TPSA) is 56.0 Å². The lowest BCUT2D eigenvalue weighted by atomic mass is 10.3. The number of nitrogens with two attached hydrogens (primary N) is 1. The lowest BCUT2D eigenvalue weighted by Crippen LogP contribution is -2.01. The Morgan fingerprint density at radius 1 is 1.73 bits per heavy atom. The van der Waals surface area contributed by atoms with Gasteiger partial charge in [0.25, 0.3) is 5.24 Å². The molecule has 0 amide bonds. The smallest absolute Gasteiger partial charge is 0.272 e. The van der Waals surface area contributed by atoms with E-state index in [-0.39, 0.29) is 11.4 Å². The maximum atomic E-state index is 12.3. The number of nitrogens with zero attached hydrogens (tertiary/aromatic N) is 1. The van der Waals surface area contributed by atoms with Gasteiger partial charge >= 0.3 is 0 Å². The van der Waals surface area contributed by atoms with Crippen LogP contribution in [-0.2, 0) is 0 Å². The molecule has 11 heavy (non-hydrogen) atoms. The molecule has 2 N–H and O–H groups in total. The van der Waals surface area contributed by atoms with Gasteiger partial charge in [-0.15, -0.1) is 0 Å². The number of carbonyl (C=O) groups is 1. The van der Waals surface area contributed by atoms with E-state index < -0.39 is 11.1 Å². The van der Waals surface area contributed by atoms with Gasteiger partial charge < -0.3 is 5.73 Å². The van der Waals surface area contributed by atoms with Gasteiger partial charge in [0.15, 0.2) is 0 Å². The summed E-state index contributed by atoms with van der Waals surface area (Å²) in [6.07, 6.45) is 0.881. The summed E-state index contributed by atoms with van der Waals surface area (Å²) in [6, 6.07) is 0.989. The molecule has 1 aromatic heterocycles. The van der Waals surface area contributed by atoms with Crippen molar-refractivity contribution in [2.24, 2.45) is 0 Å². The molecular formula is C6H4ClFN2O. The van der Waals surface area contributed by atoms with Crippen LogP contribution in [0.5, 0.6) is 0 Å². The van der Waals surface area contributed by atoms with Crippen molar-refractivity contribution in [1.82, 2.24) is 4.98 Å². The predicted octanol–water partition coefficient (Wildman–Crippen LogP) is 1.18. The van der Waals surface area contributed by atoms with Crippen LogP contribution >= 0.6 is 11.6 Å². The van der Waals surface area contributed by atoms with Crippen LogP contribution in [-0.4, -0.2) is 10.2 Å². The van der Waals surface area contributed by atoms with Crippen molar-refractivity contribution in [2.45, 2.75) is 0 Å². The highest BCUT2D eigenvalue weighted by atomic mass is 35.5. The number of pyridine rings is 1. The van der Waals surface area contributed by atoms with E-state index in [1.54, 1.807) is 0 Å². The van der Waals surface area contributed by atoms with Crippen molar-refractivity contribution < 1.29 is 9.18 Å². The van der Waals surface area contributed by atoms with E-state index in [0.29, 0.717) is 0 Å². The summed E-state index contributed by atoms with van der Waals surface area (Å²) in [6.45, 7) is 0. The van der Waals surface area contributed by atoms with Gasteiger partial charge in [0.2, 0.25) is 0 Å². The largest absolute Gasteiger partial charge is 0.397 e. The summed E-state index contributed by atoms with van der Waals surface area (Å²) in [5, 5.41) is -0.789. The first-order chi connectivity index (χ1) is 5.11. The number of carbonyl (C=O) groups excluding carboxylic acids is 1. The van der Waals surface area contributed by atoms with E-state index in [1.165, 1.54) is 0 Å². The van der Waals surface area contributed by atoms with E-state index in [9.17, 15) is 9.18 Å².